The maximum absolute atomic E-state index is 12.5. The van der Waals surface area contributed by atoms with Crippen LogP contribution in [0.2, 0.25) is 0 Å². The molecular formula is C24H27NO7. The van der Waals surface area contributed by atoms with Gasteiger partial charge in [-0.15, -0.1) is 0 Å². The number of allylic oxidation sites excluding steroid dienone is 1. The average molecular weight is 441 g/mol. The maximum atomic E-state index is 12.5. The number of hydrogen-bond acceptors (Lipinski definition) is 6. The molecule has 0 heterocycles. The second-order valence-corrected chi connectivity index (χ2v) is 7.09. The van der Waals surface area contributed by atoms with Crippen LogP contribution in [-0.4, -0.2) is 41.4 Å². The Morgan fingerprint density at radius 2 is 1.84 bits per heavy atom. The molecule has 2 amide bonds. The number of rotatable bonds is 11. The van der Waals surface area contributed by atoms with Gasteiger partial charge in [0, 0.05) is 11.6 Å². The molecule has 0 aliphatic carbocycles. The SMILES string of the molecule is C[C@@H](CC/C=C/C(=O)O)[C@H](OC(=O)NC(=O)c1ccccc1)c1cccc(OCCO)c1. The van der Waals surface area contributed by atoms with Crippen molar-refractivity contribution in [1.29, 1.82) is 0 Å². The van der Waals surface area contributed by atoms with E-state index < -0.39 is 24.1 Å². The van der Waals surface area contributed by atoms with Crippen molar-refractivity contribution < 1.29 is 34.1 Å². The van der Waals surface area contributed by atoms with Gasteiger partial charge in [0.25, 0.3) is 5.91 Å². The van der Waals surface area contributed by atoms with Gasteiger partial charge < -0.3 is 19.7 Å². The van der Waals surface area contributed by atoms with Crippen molar-refractivity contribution in [2.45, 2.75) is 25.9 Å². The van der Waals surface area contributed by atoms with Crippen LogP contribution in [0, 0.1) is 5.92 Å². The summed E-state index contributed by atoms with van der Waals surface area (Å²) in [6, 6.07) is 15.2. The monoisotopic (exact) mass is 441 g/mol. The molecule has 0 bridgehead atoms. The third-order valence-electron chi connectivity index (χ3n) is 4.60. The van der Waals surface area contributed by atoms with Crippen molar-refractivity contribution >= 4 is 18.0 Å². The molecule has 8 nitrogen and oxygen atoms in total. The van der Waals surface area contributed by atoms with Crippen LogP contribution in [0.15, 0.2) is 66.7 Å². The summed E-state index contributed by atoms with van der Waals surface area (Å²) in [6.45, 7) is 1.85. The second kappa shape index (κ2) is 12.9. The van der Waals surface area contributed by atoms with Gasteiger partial charge in [-0.2, -0.15) is 0 Å². The highest BCUT2D eigenvalue weighted by Gasteiger charge is 2.25. The number of carbonyl (C=O) groups is 3. The van der Waals surface area contributed by atoms with Crippen LogP contribution in [0.4, 0.5) is 4.79 Å². The fourth-order valence-corrected chi connectivity index (χ4v) is 3.05. The molecule has 0 aliphatic heterocycles. The first kappa shape index (κ1) is 24.6. The molecule has 0 aromatic heterocycles. The lowest BCUT2D eigenvalue weighted by Gasteiger charge is -2.25. The summed E-state index contributed by atoms with van der Waals surface area (Å²) in [5, 5.41) is 19.9. The van der Waals surface area contributed by atoms with Crippen LogP contribution in [0.25, 0.3) is 0 Å². The molecule has 0 aliphatic rings. The Bertz CT molecular complexity index is 927. The number of carboxylic acids is 1. The normalized spacial score (nSPS) is 12.7. The van der Waals surface area contributed by atoms with Crippen molar-refractivity contribution in [3.05, 3.63) is 77.9 Å². The Morgan fingerprint density at radius 3 is 2.53 bits per heavy atom. The number of ether oxygens (including phenoxy) is 2. The van der Waals surface area contributed by atoms with Crippen LogP contribution >= 0.6 is 0 Å². The highest BCUT2D eigenvalue weighted by Crippen LogP contribution is 2.31. The summed E-state index contributed by atoms with van der Waals surface area (Å²) in [4.78, 5) is 35.4. The summed E-state index contributed by atoms with van der Waals surface area (Å²) in [5.74, 6) is -1.30. The molecule has 8 heteroatoms. The quantitative estimate of drug-likeness (QED) is 0.454. The van der Waals surface area contributed by atoms with E-state index in [-0.39, 0.29) is 19.1 Å². The van der Waals surface area contributed by atoms with E-state index in [0.717, 1.165) is 6.08 Å². The average Bonchev–Trinajstić information content (AvgIpc) is 2.79. The zero-order valence-corrected chi connectivity index (χ0v) is 17.8. The van der Waals surface area contributed by atoms with E-state index in [2.05, 4.69) is 5.32 Å². The second-order valence-electron chi connectivity index (χ2n) is 7.09. The van der Waals surface area contributed by atoms with Crippen LogP contribution in [0.3, 0.4) is 0 Å². The molecule has 170 valence electrons. The van der Waals surface area contributed by atoms with Crippen LogP contribution < -0.4 is 10.1 Å². The number of carbonyl (C=O) groups excluding carboxylic acids is 2. The van der Waals surface area contributed by atoms with Crippen molar-refractivity contribution in [1.82, 2.24) is 5.32 Å². The number of imide groups is 1. The first-order valence-corrected chi connectivity index (χ1v) is 10.2. The van der Waals surface area contributed by atoms with Gasteiger partial charge in [0.05, 0.1) is 6.61 Å². The predicted octanol–water partition coefficient (Wildman–Crippen LogP) is 3.72. The minimum Gasteiger partial charge on any atom is -0.491 e. The molecule has 2 atom stereocenters. The zero-order valence-electron chi connectivity index (χ0n) is 17.8. The molecule has 32 heavy (non-hydrogen) atoms. The van der Waals surface area contributed by atoms with Gasteiger partial charge in [0.15, 0.2) is 0 Å². The molecule has 3 N–H and O–H groups in total. The summed E-state index contributed by atoms with van der Waals surface area (Å²) in [6.07, 6.45) is 2.01. The molecule has 0 radical (unpaired) electrons. The third kappa shape index (κ3) is 8.23. The highest BCUT2D eigenvalue weighted by atomic mass is 16.6. The van der Waals surface area contributed by atoms with Crippen LogP contribution in [0.1, 0.15) is 41.8 Å². The lowest BCUT2D eigenvalue weighted by atomic mass is 9.93. The third-order valence-corrected chi connectivity index (χ3v) is 4.60. The molecule has 0 fully saturated rings. The lowest BCUT2D eigenvalue weighted by Crippen LogP contribution is -2.33. The summed E-state index contributed by atoms with van der Waals surface area (Å²) in [7, 11) is 0. The summed E-state index contributed by atoms with van der Waals surface area (Å²) >= 11 is 0. The van der Waals surface area contributed by atoms with Gasteiger partial charge in [-0.25, -0.2) is 9.59 Å². The molecule has 0 spiro atoms. The number of nitrogens with one attached hydrogen (secondary N) is 1. The van der Waals surface area contributed by atoms with Gasteiger partial charge >= 0.3 is 12.1 Å². The number of carboxylic acid groups (broad SMARTS) is 1. The number of aliphatic carboxylic acids is 1. The van der Waals surface area contributed by atoms with Gasteiger partial charge in [0.1, 0.15) is 18.5 Å². The number of amides is 2. The van der Waals surface area contributed by atoms with Gasteiger partial charge in [-0.05, 0) is 48.6 Å². The maximum Gasteiger partial charge on any atom is 0.414 e. The zero-order chi connectivity index (χ0) is 23.3. The molecule has 2 rings (SSSR count). The fraction of sp³-hybridized carbons (Fsp3) is 0.292. The largest absolute Gasteiger partial charge is 0.491 e. The van der Waals surface area contributed by atoms with Crippen molar-refractivity contribution in [2.75, 3.05) is 13.2 Å². The van der Waals surface area contributed by atoms with Crippen molar-refractivity contribution in [3.8, 4) is 5.75 Å². The van der Waals surface area contributed by atoms with Gasteiger partial charge in [0.2, 0.25) is 0 Å². The van der Waals surface area contributed by atoms with E-state index in [1.807, 2.05) is 6.92 Å². The highest BCUT2D eigenvalue weighted by molar-refractivity contribution is 6.02. The first-order chi connectivity index (χ1) is 15.4. The Balaban J connectivity index is 2.14. The molecule has 0 saturated carbocycles. The first-order valence-electron chi connectivity index (χ1n) is 10.2. The van der Waals surface area contributed by atoms with E-state index in [1.54, 1.807) is 54.6 Å². The topological polar surface area (TPSA) is 122 Å². The Morgan fingerprint density at radius 1 is 1.09 bits per heavy atom. The summed E-state index contributed by atoms with van der Waals surface area (Å²) in [5.41, 5.74) is 0.977. The molecular weight excluding hydrogens is 414 g/mol. The molecule has 0 unspecified atom stereocenters. The van der Waals surface area contributed by atoms with Gasteiger partial charge in [-0.3, -0.25) is 10.1 Å². The number of aliphatic hydroxyl groups excluding tert-OH is 1. The number of benzene rings is 2. The number of hydrogen-bond donors (Lipinski definition) is 3. The van der Waals surface area contributed by atoms with Gasteiger partial charge in [-0.1, -0.05) is 43.3 Å². The van der Waals surface area contributed by atoms with E-state index in [9.17, 15) is 14.4 Å². The number of aliphatic hydroxyl groups is 1. The predicted molar refractivity (Wildman–Crippen MR) is 117 cm³/mol. The fourth-order valence-electron chi connectivity index (χ4n) is 3.05. The minimum absolute atomic E-state index is 0.122. The Kier molecular flexibility index (Phi) is 9.93. The van der Waals surface area contributed by atoms with E-state index in [0.29, 0.717) is 29.7 Å². The van der Waals surface area contributed by atoms with Crippen molar-refractivity contribution in [2.24, 2.45) is 5.92 Å². The minimum atomic E-state index is -1.03. The van der Waals surface area contributed by atoms with E-state index >= 15 is 0 Å². The Hall–Kier alpha value is -3.65. The standard InChI is InChI=1S/C24H27NO7/c1-17(8-5-6-13-21(27)28)22(19-11-7-12-20(16-19)31-15-14-26)32-24(30)25-23(29)18-9-3-2-4-10-18/h2-4,6-7,9-13,16-17,22,26H,5,8,14-15H2,1H3,(H,27,28)(H,25,29,30)/b13-6+/t17-,22-/m0/s1. The molecule has 2 aromatic carbocycles. The van der Waals surface area contributed by atoms with Crippen LogP contribution in [0.5, 0.6) is 5.75 Å². The van der Waals surface area contributed by atoms with Crippen LogP contribution in [-0.2, 0) is 9.53 Å². The van der Waals surface area contributed by atoms with E-state index in [1.165, 1.54) is 6.08 Å². The van der Waals surface area contributed by atoms with Crippen molar-refractivity contribution in [3.63, 3.8) is 0 Å². The smallest absolute Gasteiger partial charge is 0.414 e. The molecule has 0 saturated heterocycles. The summed E-state index contributed by atoms with van der Waals surface area (Å²) < 4.78 is 11.1. The lowest BCUT2D eigenvalue weighted by molar-refractivity contribution is -0.131. The Labute approximate surface area is 186 Å². The number of alkyl carbamates (subject to hydrolysis) is 1. The van der Waals surface area contributed by atoms with E-state index in [4.69, 9.17) is 19.7 Å². The molecule has 2 aromatic rings.